The van der Waals surface area contributed by atoms with Crippen LogP contribution in [-0.2, 0) is 14.8 Å². The molecule has 7 nitrogen and oxygen atoms in total. The topological polar surface area (TPSA) is 93.7 Å². The van der Waals surface area contributed by atoms with Crippen molar-refractivity contribution in [2.45, 2.75) is 45.1 Å². The molecule has 0 bridgehead atoms. The Balaban J connectivity index is 1.65. The summed E-state index contributed by atoms with van der Waals surface area (Å²) in [5.41, 5.74) is 2.90. The van der Waals surface area contributed by atoms with Crippen molar-refractivity contribution in [1.82, 2.24) is 0 Å². The van der Waals surface area contributed by atoms with Crippen LogP contribution in [0.4, 0.5) is 11.4 Å². The number of carbonyl (C=O) groups is 1. The molecule has 3 rings (SSSR count). The Labute approximate surface area is 201 Å². The van der Waals surface area contributed by atoms with Gasteiger partial charge in [0.15, 0.2) is 6.10 Å². The molecule has 0 radical (unpaired) electrons. The van der Waals surface area contributed by atoms with Gasteiger partial charge < -0.3 is 14.8 Å². The highest BCUT2D eigenvalue weighted by molar-refractivity contribution is 7.92. The van der Waals surface area contributed by atoms with Gasteiger partial charge in [-0.3, -0.25) is 9.52 Å². The summed E-state index contributed by atoms with van der Waals surface area (Å²) in [6, 6.07) is 18.5. The van der Waals surface area contributed by atoms with Gasteiger partial charge in [-0.25, -0.2) is 8.42 Å². The second-order valence-electron chi connectivity index (χ2n) is 7.86. The number of rotatable bonds is 10. The van der Waals surface area contributed by atoms with Crippen LogP contribution >= 0.6 is 0 Å². The summed E-state index contributed by atoms with van der Waals surface area (Å²) in [4.78, 5) is 12.8. The number of nitrogens with one attached hydrogen (secondary N) is 2. The number of carbonyl (C=O) groups excluding carboxylic acids is 1. The van der Waals surface area contributed by atoms with Gasteiger partial charge in [0.05, 0.1) is 11.5 Å². The predicted molar refractivity (Wildman–Crippen MR) is 134 cm³/mol. The van der Waals surface area contributed by atoms with Gasteiger partial charge >= 0.3 is 0 Å². The Kier molecular flexibility index (Phi) is 8.17. The smallest absolute Gasteiger partial charge is 0.265 e. The van der Waals surface area contributed by atoms with Crippen LogP contribution < -0.4 is 19.5 Å². The molecule has 8 heteroatoms. The number of aryl methyl sites for hydroxylation is 2. The fourth-order valence-electron chi connectivity index (χ4n) is 3.25. The molecular formula is C26H30N2O5S. The van der Waals surface area contributed by atoms with Gasteiger partial charge in [0.25, 0.3) is 15.9 Å². The van der Waals surface area contributed by atoms with Crippen LogP contribution in [0, 0.1) is 13.8 Å². The lowest BCUT2D eigenvalue weighted by atomic mass is 10.1. The number of amides is 1. The Hall–Kier alpha value is -3.52. The van der Waals surface area contributed by atoms with Crippen molar-refractivity contribution in [3.8, 4) is 11.5 Å². The number of hydrogen-bond acceptors (Lipinski definition) is 5. The Morgan fingerprint density at radius 1 is 0.912 bits per heavy atom. The fourth-order valence-corrected chi connectivity index (χ4v) is 4.31. The molecule has 0 aliphatic rings. The van der Waals surface area contributed by atoms with E-state index in [-0.39, 0.29) is 10.8 Å². The van der Waals surface area contributed by atoms with Gasteiger partial charge in [0.1, 0.15) is 11.5 Å². The van der Waals surface area contributed by atoms with Crippen LogP contribution in [0.5, 0.6) is 11.5 Å². The summed E-state index contributed by atoms with van der Waals surface area (Å²) in [7, 11) is -3.78. The first-order chi connectivity index (χ1) is 16.2. The third kappa shape index (κ3) is 6.51. The van der Waals surface area contributed by atoms with E-state index in [1.165, 1.54) is 12.1 Å². The highest BCUT2D eigenvalue weighted by Crippen LogP contribution is 2.23. The lowest BCUT2D eigenvalue weighted by Gasteiger charge is -2.19. The van der Waals surface area contributed by atoms with Crippen LogP contribution in [0.3, 0.4) is 0 Å². The zero-order valence-corrected chi connectivity index (χ0v) is 20.6. The molecule has 0 spiro atoms. The fraction of sp³-hybridized carbons (Fsp3) is 0.269. The summed E-state index contributed by atoms with van der Waals surface area (Å²) in [6.45, 7) is 8.18. The van der Waals surface area contributed by atoms with E-state index < -0.39 is 16.1 Å². The number of hydrogen-bond donors (Lipinski definition) is 2. The molecule has 1 atom stereocenters. The maximum atomic E-state index is 12.8. The lowest BCUT2D eigenvalue weighted by molar-refractivity contribution is -0.122. The molecule has 3 aromatic carbocycles. The van der Waals surface area contributed by atoms with E-state index >= 15 is 0 Å². The summed E-state index contributed by atoms with van der Waals surface area (Å²) in [5.74, 6) is 1.03. The van der Waals surface area contributed by atoms with Crippen molar-refractivity contribution in [3.63, 3.8) is 0 Å². The minimum atomic E-state index is -3.78. The first kappa shape index (κ1) is 25.1. The van der Waals surface area contributed by atoms with Gasteiger partial charge in [-0.2, -0.15) is 0 Å². The molecule has 0 fully saturated rings. The normalized spacial score (nSPS) is 12.0. The molecule has 0 aliphatic heterocycles. The van der Waals surface area contributed by atoms with Gasteiger partial charge in [0, 0.05) is 11.4 Å². The summed E-state index contributed by atoms with van der Waals surface area (Å²) in [5, 5.41) is 2.80. The van der Waals surface area contributed by atoms with Crippen molar-refractivity contribution >= 4 is 27.3 Å². The monoisotopic (exact) mass is 482 g/mol. The maximum Gasteiger partial charge on any atom is 0.265 e. The number of sulfonamides is 1. The van der Waals surface area contributed by atoms with Gasteiger partial charge in [-0.05, 0) is 92.9 Å². The van der Waals surface area contributed by atoms with Crippen molar-refractivity contribution in [2.75, 3.05) is 16.6 Å². The van der Waals surface area contributed by atoms with Gasteiger partial charge in [-0.15, -0.1) is 0 Å². The van der Waals surface area contributed by atoms with E-state index in [2.05, 4.69) is 10.0 Å². The van der Waals surface area contributed by atoms with Crippen LogP contribution in [0.15, 0.2) is 71.6 Å². The minimum Gasteiger partial charge on any atom is -0.494 e. The second kappa shape index (κ2) is 11.1. The molecule has 0 heterocycles. The van der Waals surface area contributed by atoms with Gasteiger partial charge in [0.2, 0.25) is 0 Å². The van der Waals surface area contributed by atoms with E-state index in [0.29, 0.717) is 35.9 Å². The third-order valence-corrected chi connectivity index (χ3v) is 6.52. The SMILES string of the molecule is CCOc1ccc(NS(=O)(=O)c2ccc(NC(=O)[C@H](CC)Oc3cc(C)ccc3C)cc2)cc1. The van der Waals surface area contributed by atoms with Crippen LogP contribution in [0.1, 0.15) is 31.4 Å². The maximum absolute atomic E-state index is 12.8. The van der Waals surface area contributed by atoms with E-state index in [1.54, 1.807) is 36.4 Å². The quantitative estimate of drug-likeness (QED) is 0.409. The molecule has 180 valence electrons. The van der Waals surface area contributed by atoms with Crippen LogP contribution in [0.2, 0.25) is 0 Å². The predicted octanol–water partition coefficient (Wildman–Crippen LogP) is 5.30. The minimum absolute atomic E-state index is 0.0815. The Bertz CT molecular complexity index is 1220. The molecule has 0 aromatic heterocycles. The summed E-state index contributed by atoms with van der Waals surface area (Å²) in [6.07, 6.45) is -0.192. The average Bonchev–Trinajstić information content (AvgIpc) is 2.81. The van der Waals surface area contributed by atoms with E-state index in [1.807, 2.05) is 45.9 Å². The summed E-state index contributed by atoms with van der Waals surface area (Å²) < 4.78 is 39.3. The standard InChI is InChI=1S/C26H30N2O5S/c1-5-24(33-25-17-18(3)7-8-19(25)4)26(29)27-20-11-15-23(16-12-20)34(30,31)28-21-9-13-22(14-10-21)32-6-2/h7-17,24,28H,5-6H2,1-4H3,(H,27,29)/t24-/m0/s1. The zero-order chi connectivity index (χ0) is 24.7. The van der Waals surface area contributed by atoms with Gasteiger partial charge in [-0.1, -0.05) is 19.1 Å². The molecule has 2 N–H and O–H groups in total. The van der Waals surface area contributed by atoms with E-state index in [4.69, 9.17) is 9.47 Å². The summed E-state index contributed by atoms with van der Waals surface area (Å²) >= 11 is 0. The number of anilines is 2. The Morgan fingerprint density at radius 2 is 1.56 bits per heavy atom. The molecule has 34 heavy (non-hydrogen) atoms. The molecule has 0 unspecified atom stereocenters. The third-order valence-electron chi connectivity index (χ3n) is 5.13. The van der Waals surface area contributed by atoms with Crippen molar-refractivity contribution < 1.29 is 22.7 Å². The largest absolute Gasteiger partial charge is 0.494 e. The Morgan fingerprint density at radius 3 is 2.18 bits per heavy atom. The highest BCUT2D eigenvalue weighted by Gasteiger charge is 2.20. The lowest BCUT2D eigenvalue weighted by Crippen LogP contribution is -2.32. The number of ether oxygens (including phenoxy) is 2. The van der Waals surface area contributed by atoms with Crippen LogP contribution in [-0.4, -0.2) is 27.0 Å². The molecule has 0 aliphatic carbocycles. The second-order valence-corrected chi connectivity index (χ2v) is 9.54. The van der Waals surface area contributed by atoms with Crippen molar-refractivity contribution in [1.29, 1.82) is 0 Å². The molecule has 1 amide bonds. The first-order valence-electron chi connectivity index (χ1n) is 11.1. The molecule has 3 aromatic rings. The highest BCUT2D eigenvalue weighted by atomic mass is 32.2. The number of benzene rings is 3. The first-order valence-corrected chi connectivity index (χ1v) is 12.6. The molecule has 0 saturated carbocycles. The van der Waals surface area contributed by atoms with Crippen molar-refractivity contribution in [2.24, 2.45) is 0 Å². The van der Waals surface area contributed by atoms with Crippen molar-refractivity contribution in [3.05, 3.63) is 77.9 Å². The van der Waals surface area contributed by atoms with Crippen LogP contribution in [0.25, 0.3) is 0 Å². The van der Waals surface area contributed by atoms with E-state index in [9.17, 15) is 13.2 Å². The molecular weight excluding hydrogens is 452 g/mol. The molecule has 0 saturated heterocycles. The zero-order valence-electron chi connectivity index (χ0n) is 19.8. The van der Waals surface area contributed by atoms with E-state index in [0.717, 1.165) is 11.1 Å². The average molecular weight is 483 g/mol.